The number of benzene rings is 1. The van der Waals surface area contributed by atoms with Crippen molar-refractivity contribution in [3.8, 4) is 5.75 Å². The van der Waals surface area contributed by atoms with Crippen molar-refractivity contribution >= 4 is 39.4 Å². The number of carbonyl (C=O) groups excluding carboxylic acids is 1. The maximum atomic E-state index is 11.7. The Morgan fingerprint density at radius 2 is 2.10 bits per heavy atom. The smallest absolute Gasteiger partial charge is 0.308 e. The molecule has 1 aromatic rings. The van der Waals surface area contributed by atoms with E-state index in [-0.39, 0.29) is 12.5 Å². The van der Waals surface area contributed by atoms with E-state index in [4.69, 9.17) is 21.4 Å². The lowest BCUT2D eigenvalue weighted by Gasteiger charge is -2.18. The molecule has 1 amide bonds. The Morgan fingerprint density at radius 3 is 2.65 bits per heavy atom. The largest absolute Gasteiger partial charge is 0.483 e. The molecule has 0 saturated carbocycles. The minimum Gasteiger partial charge on any atom is -0.483 e. The van der Waals surface area contributed by atoms with Crippen LogP contribution in [0, 0.1) is 5.92 Å². The SMILES string of the molecule is CC(NC(=O)COc1ccc(Cl)cc1Br)C(C)C(=O)O. The van der Waals surface area contributed by atoms with Crippen molar-refractivity contribution in [2.75, 3.05) is 6.61 Å². The molecule has 2 N–H and O–H groups in total. The zero-order valence-corrected chi connectivity index (χ0v) is 13.4. The van der Waals surface area contributed by atoms with Gasteiger partial charge in [0.1, 0.15) is 5.75 Å². The minimum absolute atomic E-state index is 0.198. The van der Waals surface area contributed by atoms with Crippen LogP contribution in [0.3, 0.4) is 0 Å². The number of aliphatic carboxylic acids is 1. The number of hydrogen-bond donors (Lipinski definition) is 2. The summed E-state index contributed by atoms with van der Waals surface area (Å²) in [4.78, 5) is 22.4. The highest BCUT2D eigenvalue weighted by Crippen LogP contribution is 2.27. The fraction of sp³-hybridized carbons (Fsp3) is 0.385. The normalized spacial score (nSPS) is 13.4. The number of carbonyl (C=O) groups is 2. The molecule has 2 unspecified atom stereocenters. The summed E-state index contributed by atoms with van der Waals surface area (Å²) in [5, 5.41) is 12.0. The number of halogens is 2. The zero-order chi connectivity index (χ0) is 15.3. The van der Waals surface area contributed by atoms with Crippen molar-refractivity contribution in [2.45, 2.75) is 19.9 Å². The van der Waals surface area contributed by atoms with Crippen LogP contribution < -0.4 is 10.1 Å². The number of rotatable bonds is 6. The summed E-state index contributed by atoms with van der Waals surface area (Å²) < 4.78 is 5.97. The standard InChI is InChI=1S/C13H15BrClNO4/c1-7(13(18)19)8(2)16-12(17)6-20-11-4-3-9(15)5-10(11)14/h3-5,7-8H,6H2,1-2H3,(H,16,17)(H,18,19). The molecule has 0 fully saturated rings. The van der Waals surface area contributed by atoms with Gasteiger partial charge in [0.25, 0.3) is 5.91 Å². The van der Waals surface area contributed by atoms with Crippen LogP contribution in [0.5, 0.6) is 5.75 Å². The number of amides is 1. The highest BCUT2D eigenvalue weighted by atomic mass is 79.9. The van der Waals surface area contributed by atoms with Crippen LogP contribution in [0.2, 0.25) is 5.02 Å². The number of carboxylic acid groups (broad SMARTS) is 1. The van der Waals surface area contributed by atoms with E-state index in [1.807, 2.05) is 0 Å². The summed E-state index contributed by atoms with van der Waals surface area (Å²) in [6.45, 7) is 2.97. The second kappa shape index (κ2) is 7.50. The Balaban J connectivity index is 2.49. The van der Waals surface area contributed by atoms with E-state index >= 15 is 0 Å². The van der Waals surface area contributed by atoms with Crippen molar-refractivity contribution in [1.82, 2.24) is 5.32 Å². The van der Waals surface area contributed by atoms with Crippen molar-refractivity contribution in [3.05, 3.63) is 27.7 Å². The Hall–Kier alpha value is -1.27. The molecular weight excluding hydrogens is 350 g/mol. The molecule has 5 nitrogen and oxygen atoms in total. The first-order chi connectivity index (χ1) is 9.31. The molecule has 1 aromatic carbocycles. The first-order valence-corrected chi connectivity index (χ1v) is 7.08. The Bertz CT molecular complexity index is 509. The van der Waals surface area contributed by atoms with Gasteiger partial charge < -0.3 is 15.2 Å². The van der Waals surface area contributed by atoms with Gasteiger partial charge in [-0.1, -0.05) is 11.6 Å². The van der Waals surface area contributed by atoms with Gasteiger partial charge in [-0.25, -0.2) is 0 Å². The van der Waals surface area contributed by atoms with Gasteiger partial charge in [0.05, 0.1) is 10.4 Å². The lowest BCUT2D eigenvalue weighted by atomic mass is 10.0. The maximum absolute atomic E-state index is 11.7. The third-order valence-corrected chi connectivity index (χ3v) is 3.64. The van der Waals surface area contributed by atoms with Gasteiger partial charge in [-0.05, 0) is 48.0 Å². The zero-order valence-electron chi connectivity index (χ0n) is 11.0. The highest BCUT2D eigenvalue weighted by molar-refractivity contribution is 9.10. The van der Waals surface area contributed by atoms with Crippen LogP contribution in [0.25, 0.3) is 0 Å². The molecule has 0 aliphatic carbocycles. The molecule has 0 aromatic heterocycles. The Labute approximate surface area is 130 Å². The van der Waals surface area contributed by atoms with Gasteiger partial charge in [0.15, 0.2) is 6.61 Å². The van der Waals surface area contributed by atoms with Crippen molar-refractivity contribution in [2.24, 2.45) is 5.92 Å². The molecular formula is C13H15BrClNO4. The van der Waals surface area contributed by atoms with Crippen LogP contribution in [-0.4, -0.2) is 29.6 Å². The molecule has 0 aliphatic heterocycles. The monoisotopic (exact) mass is 363 g/mol. The lowest BCUT2D eigenvalue weighted by Crippen LogP contribution is -2.42. The molecule has 0 spiro atoms. The van der Waals surface area contributed by atoms with E-state index in [0.29, 0.717) is 15.2 Å². The molecule has 20 heavy (non-hydrogen) atoms. The van der Waals surface area contributed by atoms with Gasteiger partial charge in [-0.15, -0.1) is 0 Å². The average Bonchev–Trinajstić information content (AvgIpc) is 2.36. The van der Waals surface area contributed by atoms with Crippen LogP contribution >= 0.6 is 27.5 Å². The van der Waals surface area contributed by atoms with E-state index in [1.54, 1.807) is 25.1 Å². The number of hydrogen-bond acceptors (Lipinski definition) is 3. The Kier molecular flexibility index (Phi) is 6.29. The quantitative estimate of drug-likeness (QED) is 0.814. The predicted octanol–water partition coefficient (Wildman–Crippen LogP) is 2.71. The average molecular weight is 365 g/mol. The fourth-order valence-corrected chi connectivity index (χ4v) is 2.17. The summed E-state index contributed by atoms with van der Waals surface area (Å²) in [6, 6.07) is 4.47. The van der Waals surface area contributed by atoms with Crippen LogP contribution in [-0.2, 0) is 9.59 Å². The molecule has 0 saturated heterocycles. The van der Waals surface area contributed by atoms with E-state index in [0.717, 1.165) is 0 Å². The van der Waals surface area contributed by atoms with Crippen molar-refractivity contribution in [3.63, 3.8) is 0 Å². The van der Waals surface area contributed by atoms with E-state index in [1.165, 1.54) is 6.92 Å². The summed E-state index contributed by atoms with van der Waals surface area (Å²) in [5.74, 6) is -1.52. The van der Waals surface area contributed by atoms with Gasteiger partial charge in [-0.3, -0.25) is 9.59 Å². The molecule has 0 aliphatic rings. The summed E-state index contributed by atoms with van der Waals surface area (Å²) in [7, 11) is 0. The minimum atomic E-state index is -0.959. The number of ether oxygens (including phenoxy) is 1. The predicted molar refractivity (Wildman–Crippen MR) is 79.1 cm³/mol. The lowest BCUT2D eigenvalue weighted by molar-refractivity contribution is -0.142. The van der Waals surface area contributed by atoms with E-state index in [2.05, 4.69) is 21.2 Å². The molecule has 0 radical (unpaired) electrons. The first-order valence-electron chi connectivity index (χ1n) is 5.91. The van der Waals surface area contributed by atoms with Crippen molar-refractivity contribution < 1.29 is 19.4 Å². The highest BCUT2D eigenvalue weighted by Gasteiger charge is 2.21. The van der Waals surface area contributed by atoms with Gasteiger partial charge in [0.2, 0.25) is 0 Å². The topological polar surface area (TPSA) is 75.6 Å². The fourth-order valence-electron chi connectivity index (χ4n) is 1.37. The molecule has 0 bridgehead atoms. The second-order valence-corrected chi connectivity index (χ2v) is 5.64. The van der Waals surface area contributed by atoms with Crippen molar-refractivity contribution in [1.29, 1.82) is 0 Å². The second-order valence-electron chi connectivity index (χ2n) is 4.35. The van der Waals surface area contributed by atoms with Crippen LogP contribution in [0.15, 0.2) is 22.7 Å². The maximum Gasteiger partial charge on any atom is 0.308 e. The van der Waals surface area contributed by atoms with Crippen LogP contribution in [0.1, 0.15) is 13.8 Å². The van der Waals surface area contributed by atoms with E-state index < -0.39 is 17.9 Å². The third-order valence-electron chi connectivity index (χ3n) is 2.78. The number of carboxylic acids is 1. The summed E-state index contributed by atoms with van der Waals surface area (Å²) in [6.07, 6.45) is 0. The molecule has 2 atom stereocenters. The third kappa shape index (κ3) is 5.02. The van der Waals surface area contributed by atoms with Gasteiger partial charge in [0, 0.05) is 11.1 Å². The van der Waals surface area contributed by atoms with Gasteiger partial charge >= 0.3 is 5.97 Å². The summed E-state index contributed by atoms with van der Waals surface area (Å²) in [5.41, 5.74) is 0. The van der Waals surface area contributed by atoms with E-state index in [9.17, 15) is 9.59 Å². The number of nitrogens with one attached hydrogen (secondary N) is 1. The van der Waals surface area contributed by atoms with Crippen LogP contribution in [0.4, 0.5) is 0 Å². The molecule has 1 rings (SSSR count). The summed E-state index contributed by atoms with van der Waals surface area (Å²) >= 11 is 9.06. The molecule has 110 valence electrons. The molecule has 0 heterocycles. The first kappa shape index (κ1) is 16.8. The van der Waals surface area contributed by atoms with Gasteiger partial charge in [-0.2, -0.15) is 0 Å². The Morgan fingerprint density at radius 1 is 1.45 bits per heavy atom. The molecule has 7 heteroatoms.